The van der Waals surface area contributed by atoms with Crippen molar-refractivity contribution in [1.29, 1.82) is 0 Å². The Kier molecular flexibility index (Phi) is 5.15. The minimum absolute atomic E-state index is 0.0851. The highest BCUT2D eigenvalue weighted by atomic mass is 16.6. The molecule has 1 fully saturated rings. The number of aromatic nitrogens is 2. The molecule has 7 nitrogen and oxygen atoms in total. The lowest BCUT2D eigenvalue weighted by Crippen LogP contribution is -2.15. The molecule has 0 saturated heterocycles. The van der Waals surface area contributed by atoms with Crippen molar-refractivity contribution in [3.05, 3.63) is 15.9 Å². The second kappa shape index (κ2) is 6.89. The van der Waals surface area contributed by atoms with Crippen LogP contribution in [0.2, 0.25) is 0 Å². The van der Waals surface area contributed by atoms with E-state index in [9.17, 15) is 10.1 Å². The molecule has 0 amide bonds. The minimum atomic E-state index is -0.463. The van der Waals surface area contributed by atoms with E-state index in [1.807, 2.05) is 27.7 Å². The van der Waals surface area contributed by atoms with Crippen LogP contribution in [0.3, 0.4) is 0 Å². The molecule has 0 atom stereocenters. The molecular weight excluding hydrogens is 284 g/mol. The number of anilines is 1. The maximum Gasteiger partial charge on any atom is 0.372 e. The van der Waals surface area contributed by atoms with Crippen LogP contribution in [-0.2, 0) is 0 Å². The van der Waals surface area contributed by atoms with E-state index < -0.39 is 4.92 Å². The highest BCUT2D eigenvalue weighted by Gasteiger charge is 2.33. The summed E-state index contributed by atoms with van der Waals surface area (Å²) >= 11 is 0. The predicted octanol–water partition coefficient (Wildman–Crippen LogP) is 3.36. The second-order valence-electron chi connectivity index (χ2n) is 6.60. The zero-order valence-corrected chi connectivity index (χ0v) is 13.6. The molecule has 1 aliphatic rings. The van der Waals surface area contributed by atoms with E-state index in [1.165, 1.54) is 0 Å². The maximum absolute atomic E-state index is 11.4. The molecule has 1 heterocycles. The highest BCUT2D eigenvalue weighted by Crippen LogP contribution is 2.42. The molecule has 1 aromatic heterocycles. The van der Waals surface area contributed by atoms with Crippen LogP contribution < -0.4 is 10.1 Å². The van der Waals surface area contributed by atoms with E-state index in [0.717, 1.165) is 12.8 Å². The van der Waals surface area contributed by atoms with Crippen LogP contribution in [0.15, 0.2) is 0 Å². The van der Waals surface area contributed by atoms with Gasteiger partial charge in [0.2, 0.25) is 5.82 Å². The average Bonchev–Trinajstić information content (AvgIpc) is 3.26. The standard InChI is InChI=1S/C15H24N4O3/c1-9(2)7-16-14-12(19(20)21)15(22-8-10(3)4)18-13(17-14)11-5-6-11/h9-11H,5-8H2,1-4H3,(H,16,17,18). The molecular formula is C15H24N4O3. The Balaban J connectivity index is 2.36. The van der Waals surface area contributed by atoms with Crippen molar-refractivity contribution in [2.24, 2.45) is 11.8 Å². The fourth-order valence-corrected chi connectivity index (χ4v) is 1.91. The first-order valence-electron chi connectivity index (χ1n) is 7.81. The summed E-state index contributed by atoms with van der Waals surface area (Å²) in [4.78, 5) is 19.6. The molecule has 22 heavy (non-hydrogen) atoms. The van der Waals surface area contributed by atoms with E-state index in [4.69, 9.17) is 4.74 Å². The minimum Gasteiger partial charge on any atom is -0.472 e. The van der Waals surface area contributed by atoms with Gasteiger partial charge in [-0.3, -0.25) is 10.1 Å². The Morgan fingerprint density at radius 2 is 1.95 bits per heavy atom. The smallest absolute Gasteiger partial charge is 0.372 e. The van der Waals surface area contributed by atoms with Crippen LogP contribution in [0.5, 0.6) is 5.88 Å². The van der Waals surface area contributed by atoms with E-state index in [1.54, 1.807) is 0 Å². The Hall–Kier alpha value is -1.92. The Bertz CT molecular complexity index is 509. The molecule has 1 saturated carbocycles. The van der Waals surface area contributed by atoms with Crippen LogP contribution in [0.4, 0.5) is 11.5 Å². The van der Waals surface area contributed by atoms with E-state index in [0.29, 0.717) is 30.8 Å². The number of nitrogens with one attached hydrogen (secondary N) is 1. The summed E-state index contributed by atoms with van der Waals surface area (Å²) in [6.45, 7) is 9.08. The molecule has 7 heteroatoms. The lowest BCUT2D eigenvalue weighted by atomic mass is 10.2. The first-order chi connectivity index (χ1) is 10.4. The molecule has 0 aliphatic heterocycles. The van der Waals surface area contributed by atoms with Gasteiger partial charge in [0, 0.05) is 12.5 Å². The van der Waals surface area contributed by atoms with Gasteiger partial charge in [0.15, 0.2) is 0 Å². The van der Waals surface area contributed by atoms with Crippen molar-refractivity contribution >= 4 is 11.5 Å². The molecule has 2 rings (SSSR count). The fraction of sp³-hybridized carbons (Fsp3) is 0.733. The van der Waals surface area contributed by atoms with E-state index >= 15 is 0 Å². The molecule has 0 aromatic carbocycles. The van der Waals surface area contributed by atoms with Crippen LogP contribution >= 0.6 is 0 Å². The van der Waals surface area contributed by atoms with E-state index in [2.05, 4.69) is 15.3 Å². The van der Waals surface area contributed by atoms with Gasteiger partial charge < -0.3 is 10.1 Å². The van der Waals surface area contributed by atoms with Crippen LogP contribution in [0.25, 0.3) is 0 Å². The van der Waals surface area contributed by atoms with Crippen molar-refractivity contribution in [2.75, 3.05) is 18.5 Å². The van der Waals surface area contributed by atoms with Crippen molar-refractivity contribution in [1.82, 2.24) is 9.97 Å². The monoisotopic (exact) mass is 308 g/mol. The largest absolute Gasteiger partial charge is 0.472 e. The molecule has 122 valence electrons. The van der Waals surface area contributed by atoms with Gasteiger partial charge in [-0.2, -0.15) is 4.98 Å². The molecule has 1 aliphatic carbocycles. The summed E-state index contributed by atoms with van der Waals surface area (Å²) in [5.74, 6) is 1.94. The molecule has 1 aromatic rings. The van der Waals surface area contributed by atoms with Crippen molar-refractivity contribution in [3.8, 4) is 5.88 Å². The Morgan fingerprint density at radius 1 is 1.27 bits per heavy atom. The summed E-state index contributed by atoms with van der Waals surface area (Å²) in [5.41, 5.74) is -0.161. The van der Waals surface area contributed by atoms with Gasteiger partial charge in [-0.05, 0) is 24.7 Å². The van der Waals surface area contributed by atoms with Crippen LogP contribution in [0.1, 0.15) is 52.3 Å². The third-order valence-corrected chi connectivity index (χ3v) is 3.23. The third-order valence-electron chi connectivity index (χ3n) is 3.23. The van der Waals surface area contributed by atoms with Crippen molar-refractivity contribution in [3.63, 3.8) is 0 Å². The quantitative estimate of drug-likeness (QED) is 0.585. The average molecular weight is 308 g/mol. The van der Waals surface area contributed by atoms with Gasteiger partial charge in [0.05, 0.1) is 11.5 Å². The SMILES string of the molecule is CC(C)CNc1nc(C2CC2)nc(OCC(C)C)c1[N+](=O)[O-]. The molecule has 0 unspecified atom stereocenters. The van der Waals surface area contributed by atoms with Gasteiger partial charge in [0.25, 0.3) is 5.88 Å². The summed E-state index contributed by atoms with van der Waals surface area (Å²) < 4.78 is 5.59. The fourth-order valence-electron chi connectivity index (χ4n) is 1.91. The Labute approximate surface area is 130 Å². The van der Waals surface area contributed by atoms with Gasteiger partial charge >= 0.3 is 5.69 Å². The number of rotatable bonds is 8. The number of hydrogen-bond acceptors (Lipinski definition) is 6. The van der Waals surface area contributed by atoms with Crippen molar-refractivity contribution < 1.29 is 9.66 Å². The second-order valence-corrected chi connectivity index (χ2v) is 6.60. The van der Waals surface area contributed by atoms with Gasteiger partial charge in [-0.1, -0.05) is 27.7 Å². The zero-order chi connectivity index (χ0) is 16.3. The maximum atomic E-state index is 11.4. The first-order valence-corrected chi connectivity index (χ1v) is 7.81. The van der Waals surface area contributed by atoms with Gasteiger partial charge in [0.1, 0.15) is 5.82 Å². The summed E-state index contributed by atoms with van der Waals surface area (Å²) in [6.07, 6.45) is 2.07. The third kappa shape index (κ3) is 4.29. The van der Waals surface area contributed by atoms with Gasteiger partial charge in [-0.15, -0.1) is 0 Å². The molecule has 0 radical (unpaired) electrons. The highest BCUT2D eigenvalue weighted by molar-refractivity contribution is 5.62. The molecule has 0 spiro atoms. The molecule has 0 bridgehead atoms. The summed E-state index contributed by atoms with van der Waals surface area (Å²) in [6, 6.07) is 0. The van der Waals surface area contributed by atoms with Crippen molar-refractivity contribution in [2.45, 2.75) is 46.5 Å². The lowest BCUT2D eigenvalue weighted by Gasteiger charge is -2.13. The topological polar surface area (TPSA) is 90.2 Å². The number of nitrogens with zero attached hydrogens (tertiary/aromatic N) is 3. The molecule has 1 N–H and O–H groups in total. The predicted molar refractivity (Wildman–Crippen MR) is 84.3 cm³/mol. The number of hydrogen-bond donors (Lipinski definition) is 1. The van der Waals surface area contributed by atoms with Crippen LogP contribution in [-0.4, -0.2) is 28.0 Å². The first kappa shape index (κ1) is 16.5. The summed E-state index contributed by atoms with van der Waals surface area (Å²) in [7, 11) is 0. The normalized spacial score (nSPS) is 14.5. The summed E-state index contributed by atoms with van der Waals surface area (Å²) in [5, 5.41) is 14.5. The number of nitro groups is 1. The number of ether oxygens (including phenoxy) is 1. The zero-order valence-electron chi connectivity index (χ0n) is 13.6. The van der Waals surface area contributed by atoms with Gasteiger partial charge in [-0.25, -0.2) is 4.98 Å². The lowest BCUT2D eigenvalue weighted by molar-refractivity contribution is -0.385. The Morgan fingerprint density at radius 3 is 2.45 bits per heavy atom. The van der Waals surface area contributed by atoms with Crippen LogP contribution in [0, 0.1) is 22.0 Å². The van der Waals surface area contributed by atoms with E-state index in [-0.39, 0.29) is 23.3 Å².